The molecule has 1 heteroatoms. The van der Waals surface area contributed by atoms with Crippen LogP contribution in [0, 0.1) is 5.82 Å². The zero-order valence-electron chi connectivity index (χ0n) is 10.7. The fourth-order valence-electron chi connectivity index (χ4n) is 1.79. The van der Waals surface area contributed by atoms with Crippen molar-refractivity contribution < 1.29 is 4.39 Å². The molecule has 0 aliphatic rings. The van der Waals surface area contributed by atoms with Crippen molar-refractivity contribution in [3.05, 3.63) is 71.0 Å². The molecule has 0 saturated heterocycles. The van der Waals surface area contributed by atoms with Crippen molar-refractivity contribution in [3.63, 3.8) is 0 Å². The monoisotopic (exact) mass is 240 g/mol. The van der Waals surface area contributed by atoms with Gasteiger partial charge in [-0.1, -0.05) is 62.4 Å². The highest BCUT2D eigenvalue weighted by atomic mass is 19.1. The lowest BCUT2D eigenvalue weighted by Crippen LogP contribution is -1.85. The molecular weight excluding hydrogens is 223 g/mol. The first-order valence-electron chi connectivity index (χ1n) is 6.19. The molecule has 2 aromatic carbocycles. The first kappa shape index (κ1) is 12.6. The van der Waals surface area contributed by atoms with E-state index in [0.29, 0.717) is 5.92 Å². The highest BCUT2D eigenvalue weighted by Gasteiger charge is 1.97. The highest BCUT2D eigenvalue weighted by molar-refractivity contribution is 5.69. The average molecular weight is 240 g/mol. The van der Waals surface area contributed by atoms with Gasteiger partial charge in [0.15, 0.2) is 0 Å². The second-order valence-corrected chi connectivity index (χ2v) is 4.71. The molecule has 0 spiro atoms. The Balaban J connectivity index is 2.14. The molecule has 0 amide bonds. The highest BCUT2D eigenvalue weighted by Crippen LogP contribution is 2.16. The van der Waals surface area contributed by atoms with Gasteiger partial charge >= 0.3 is 0 Å². The van der Waals surface area contributed by atoms with E-state index in [1.54, 1.807) is 6.07 Å². The van der Waals surface area contributed by atoms with Gasteiger partial charge in [0.2, 0.25) is 0 Å². The van der Waals surface area contributed by atoms with Crippen molar-refractivity contribution in [2.45, 2.75) is 19.8 Å². The van der Waals surface area contributed by atoms with E-state index in [-0.39, 0.29) is 5.82 Å². The Bertz CT molecular complexity index is 536. The van der Waals surface area contributed by atoms with Crippen molar-refractivity contribution in [1.82, 2.24) is 0 Å². The molecule has 0 nitrogen and oxygen atoms in total. The van der Waals surface area contributed by atoms with Gasteiger partial charge in [-0.3, -0.25) is 0 Å². The molecule has 0 radical (unpaired) electrons. The maximum absolute atomic E-state index is 13.0. The molecule has 2 aromatic rings. The number of halogens is 1. The van der Waals surface area contributed by atoms with Crippen LogP contribution in [0.2, 0.25) is 0 Å². The zero-order chi connectivity index (χ0) is 13.0. The number of rotatable bonds is 3. The van der Waals surface area contributed by atoms with E-state index < -0.39 is 0 Å². The summed E-state index contributed by atoms with van der Waals surface area (Å²) in [4.78, 5) is 0. The van der Waals surface area contributed by atoms with Gasteiger partial charge in [-0.15, -0.1) is 0 Å². The van der Waals surface area contributed by atoms with Crippen molar-refractivity contribution in [2.24, 2.45) is 0 Å². The lowest BCUT2D eigenvalue weighted by molar-refractivity contribution is 0.627. The molecule has 0 aliphatic carbocycles. The quantitative estimate of drug-likeness (QED) is 0.653. The van der Waals surface area contributed by atoms with E-state index in [1.807, 2.05) is 18.2 Å². The molecular formula is C17H17F. The van der Waals surface area contributed by atoms with Crippen molar-refractivity contribution in [1.29, 1.82) is 0 Å². The van der Waals surface area contributed by atoms with E-state index in [4.69, 9.17) is 0 Å². The molecule has 0 bridgehead atoms. The van der Waals surface area contributed by atoms with Crippen molar-refractivity contribution >= 4 is 12.2 Å². The fourth-order valence-corrected chi connectivity index (χ4v) is 1.79. The molecule has 0 unspecified atom stereocenters. The molecule has 2 rings (SSSR count). The van der Waals surface area contributed by atoms with Crippen molar-refractivity contribution in [2.75, 3.05) is 0 Å². The van der Waals surface area contributed by atoms with E-state index in [1.165, 1.54) is 17.7 Å². The van der Waals surface area contributed by atoms with Gasteiger partial charge in [-0.05, 0) is 34.7 Å². The maximum Gasteiger partial charge on any atom is 0.123 e. The third-order valence-electron chi connectivity index (χ3n) is 2.92. The van der Waals surface area contributed by atoms with Crippen molar-refractivity contribution in [3.8, 4) is 0 Å². The average Bonchev–Trinajstić information content (AvgIpc) is 2.37. The SMILES string of the molecule is CC(C)c1ccc(/C=C/c2cccc(F)c2)cc1. The van der Waals surface area contributed by atoms with Crippen LogP contribution in [-0.4, -0.2) is 0 Å². The summed E-state index contributed by atoms with van der Waals surface area (Å²) in [6, 6.07) is 15.0. The summed E-state index contributed by atoms with van der Waals surface area (Å²) in [6.45, 7) is 4.36. The van der Waals surface area contributed by atoms with Gasteiger partial charge in [0, 0.05) is 0 Å². The molecule has 0 N–H and O–H groups in total. The van der Waals surface area contributed by atoms with Crippen LogP contribution < -0.4 is 0 Å². The summed E-state index contributed by atoms with van der Waals surface area (Å²) in [5, 5.41) is 0. The Labute approximate surface area is 108 Å². The minimum atomic E-state index is -0.202. The lowest BCUT2D eigenvalue weighted by Gasteiger charge is -2.04. The van der Waals surface area contributed by atoms with Gasteiger partial charge in [0.1, 0.15) is 5.82 Å². The lowest BCUT2D eigenvalue weighted by atomic mass is 10.0. The Morgan fingerprint density at radius 2 is 1.56 bits per heavy atom. The topological polar surface area (TPSA) is 0 Å². The molecule has 18 heavy (non-hydrogen) atoms. The maximum atomic E-state index is 13.0. The predicted molar refractivity (Wildman–Crippen MR) is 75.9 cm³/mol. The first-order valence-corrected chi connectivity index (χ1v) is 6.19. The van der Waals surface area contributed by atoms with E-state index in [0.717, 1.165) is 11.1 Å². The Hall–Kier alpha value is -1.89. The summed E-state index contributed by atoms with van der Waals surface area (Å²) in [5.74, 6) is 0.346. The minimum Gasteiger partial charge on any atom is -0.207 e. The van der Waals surface area contributed by atoms with Gasteiger partial charge in [0.05, 0.1) is 0 Å². The van der Waals surface area contributed by atoms with E-state index in [2.05, 4.69) is 38.1 Å². The number of hydrogen-bond donors (Lipinski definition) is 0. The summed E-state index contributed by atoms with van der Waals surface area (Å²) >= 11 is 0. The molecule has 92 valence electrons. The molecule has 0 fully saturated rings. The van der Waals surface area contributed by atoms with Gasteiger partial charge in [0.25, 0.3) is 0 Å². The summed E-state index contributed by atoms with van der Waals surface area (Å²) in [5.41, 5.74) is 3.34. The number of hydrogen-bond acceptors (Lipinski definition) is 0. The van der Waals surface area contributed by atoms with Gasteiger partial charge in [-0.2, -0.15) is 0 Å². The normalized spacial score (nSPS) is 11.3. The molecule has 0 aliphatic heterocycles. The van der Waals surface area contributed by atoms with Crippen LogP contribution in [0.25, 0.3) is 12.2 Å². The zero-order valence-corrected chi connectivity index (χ0v) is 10.7. The third-order valence-corrected chi connectivity index (χ3v) is 2.92. The molecule has 0 saturated carbocycles. The first-order chi connectivity index (χ1) is 8.65. The smallest absolute Gasteiger partial charge is 0.123 e. The van der Waals surface area contributed by atoms with Crippen LogP contribution in [0.3, 0.4) is 0 Å². The third kappa shape index (κ3) is 3.30. The summed E-state index contributed by atoms with van der Waals surface area (Å²) in [6.07, 6.45) is 3.92. The van der Waals surface area contributed by atoms with Crippen LogP contribution in [-0.2, 0) is 0 Å². The standard InChI is InChI=1S/C17H17F/c1-13(2)16-10-8-14(9-11-16)6-7-15-4-3-5-17(18)12-15/h3-13H,1-2H3/b7-6+. The number of benzene rings is 2. The van der Waals surface area contributed by atoms with Gasteiger partial charge in [-0.25, -0.2) is 4.39 Å². The van der Waals surface area contributed by atoms with Crippen LogP contribution in [0.1, 0.15) is 36.5 Å². The fraction of sp³-hybridized carbons (Fsp3) is 0.176. The van der Waals surface area contributed by atoms with Crippen LogP contribution in [0.15, 0.2) is 48.5 Å². The van der Waals surface area contributed by atoms with Crippen LogP contribution in [0.5, 0.6) is 0 Å². The minimum absolute atomic E-state index is 0.202. The van der Waals surface area contributed by atoms with E-state index in [9.17, 15) is 4.39 Å². The molecule has 0 heterocycles. The predicted octanol–water partition coefficient (Wildman–Crippen LogP) is 5.12. The Kier molecular flexibility index (Phi) is 3.93. The molecule has 0 atom stereocenters. The molecule has 0 aromatic heterocycles. The Morgan fingerprint density at radius 3 is 2.17 bits per heavy atom. The summed E-state index contributed by atoms with van der Waals surface area (Å²) < 4.78 is 13.0. The largest absolute Gasteiger partial charge is 0.207 e. The van der Waals surface area contributed by atoms with Crippen LogP contribution >= 0.6 is 0 Å². The van der Waals surface area contributed by atoms with Gasteiger partial charge < -0.3 is 0 Å². The second-order valence-electron chi connectivity index (χ2n) is 4.71. The Morgan fingerprint density at radius 1 is 0.889 bits per heavy atom. The summed E-state index contributed by atoms with van der Waals surface area (Å²) in [7, 11) is 0. The van der Waals surface area contributed by atoms with E-state index >= 15 is 0 Å². The van der Waals surface area contributed by atoms with Crippen LogP contribution in [0.4, 0.5) is 4.39 Å². The second kappa shape index (κ2) is 5.63.